The minimum absolute atomic E-state index is 0.185. The van der Waals surface area contributed by atoms with E-state index >= 15 is 0 Å². The topological polar surface area (TPSA) is 66.4 Å². The Labute approximate surface area is 105 Å². The molecule has 4 nitrogen and oxygen atoms in total. The smallest absolute Gasteiger partial charge is 0.243 e. The van der Waals surface area contributed by atoms with Crippen molar-refractivity contribution in [1.29, 1.82) is 0 Å². The van der Waals surface area contributed by atoms with Gasteiger partial charge in [-0.05, 0) is 18.6 Å². The number of unbranched alkanes of at least 4 members (excludes halogenated alkanes) is 1. The molecule has 0 aliphatic carbocycles. The molecule has 0 aromatic heterocycles. The fourth-order valence-corrected chi connectivity index (χ4v) is 2.56. The predicted octanol–water partition coefficient (Wildman–Crippen LogP) is 1.54. The summed E-state index contributed by atoms with van der Waals surface area (Å²) in [6.07, 6.45) is 1.41. The van der Waals surface area contributed by atoms with E-state index in [1.807, 2.05) is 6.92 Å². The molecule has 1 rings (SSSR count). The molecule has 0 spiro atoms. The third-order valence-corrected chi connectivity index (χ3v) is 3.90. The third-order valence-electron chi connectivity index (χ3n) is 2.42. The second kappa shape index (κ2) is 6.21. The third kappa shape index (κ3) is 3.24. The lowest BCUT2D eigenvalue weighted by atomic mass is 10.2. The van der Waals surface area contributed by atoms with Crippen LogP contribution in [-0.4, -0.2) is 20.1 Å². The summed E-state index contributed by atoms with van der Waals surface area (Å²) in [5.41, 5.74) is -0.645. The number of aliphatic hydroxyl groups excluding tert-OH is 1. The highest BCUT2D eigenvalue weighted by Crippen LogP contribution is 2.20. The summed E-state index contributed by atoms with van der Waals surface area (Å²) >= 11 is 0. The molecule has 2 N–H and O–H groups in total. The number of nitrogens with one attached hydrogen (secondary N) is 1. The van der Waals surface area contributed by atoms with Crippen LogP contribution in [0.15, 0.2) is 17.0 Å². The van der Waals surface area contributed by atoms with Gasteiger partial charge in [-0.15, -0.1) is 0 Å². The fourth-order valence-electron chi connectivity index (χ4n) is 1.39. The second-order valence-electron chi connectivity index (χ2n) is 3.75. The van der Waals surface area contributed by atoms with Gasteiger partial charge in [0.15, 0.2) is 5.82 Å². The molecule has 0 atom stereocenters. The van der Waals surface area contributed by atoms with Gasteiger partial charge in [0, 0.05) is 6.54 Å². The fraction of sp³-hybridized carbons (Fsp3) is 0.455. The average molecular weight is 279 g/mol. The molecule has 102 valence electrons. The number of hydrogen-bond donors (Lipinski definition) is 2. The zero-order valence-corrected chi connectivity index (χ0v) is 10.7. The van der Waals surface area contributed by atoms with Crippen molar-refractivity contribution in [2.24, 2.45) is 0 Å². The summed E-state index contributed by atoms with van der Waals surface area (Å²) in [6.45, 7) is 1.18. The summed E-state index contributed by atoms with van der Waals surface area (Å²) in [5, 5.41) is 8.81. The van der Waals surface area contributed by atoms with Gasteiger partial charge in [0.1, 0.15) is 10.7 Å². The van der Waals surface area contributed by atoms with Crippen molar-refractivity contribution in [3.63, 3.8) is 0 Å². The number of rotatable bonds is 6. The molecule has 18 heavy (non-hydrogen) atoms. The number of sulfonamides is 1. The van der Waals surface area contributed by atoms with Gasteiger partial charge in [-0.3, -0.25) is 0 Å². The van der Waals surface area contributed by atoms with Crippen molar-refractivity contribution in [3.8, 4) is 0 Å². The van der Waals surface area contributed by atoms with Crippen molar-refractivity contribution in [2.45, 2.75) is 31.3 Å². The molecule has 0 aliphatic heterocycles. The summed E-state index contributed by atoms with van der Waals surface area (Å²) in [7, 11) is -4.02. The van der Waals surface area contributed by atoms with Crippen molar-refractivity contribution in [2.75, 3.05) is 6.54 Å². The van der Waals surface area contributed by atoms with E-state index in [4.69, 9.17) is 5.11 Å². The van der Waals surface area contributed by atoms with Crippen molar-refractivity contribution < 1.29 is 22.3 Å². The standard InChI is InChI=1S/C11H15F2NO3S/c1-2-3-6-14-18(16,17)10-5-4-9(12)8(7-15)11(10)13/h4-5,14-15H,2-3,6-7H2,1H3. The van der Waals surface area contributed by atoms with E-state index in [2.05, 4.69) is 4.72 Å². The van der Waals surface area contributed by atoms with Gasteiger partial charge >= 0.3 is 0 Å². The molecule has 1 aromatic rings. The Kier molecular flexibility index (Phi) is 5.18. The molecule has 0 saturated heterocycles. The van der Waals surface area contributed by atoms with Crippen LogP contribution in [0.5, 0.6) is 0 Å². The molecule has 0 aliphatic rings. The highest BCUT2D eigenvalue weighted by molar-refractivity contribution is 7.89. The molecular weight excluding hydrogens is 264 g/mol. The normalized spacial score (nSPS) is 11.8. The van der Waals surface area contributed by atoms with Crippen molar-refractivity contribution >= 4 is 10.0 Å². The highest BCUT2D eigenvalue weighted by atomic mass is 32.2. The molecule has 0 amide bonds. The van der Waals surface area contributed by atoms with Crippen LogP contribution in [-0.2, 0) is 16.6 Å². The average Bonchev–Trinajstić information content (AvgIpc) is 2.29. The van der Waals surface area contributed by atoms with E-state index in [1.54, 1.807) is 0 Å². The number of aliphatic hydroxyl groups is 1. The van der Waals surface area contributed by atoms with E-state index in [9.17, 15) is 17.2 Å². The first-order valence-electron chi connectivity index (χ1n) is 5.51. The molecule has 0 fully saturated rings. The van der Waals surface area contributed by atoms with E-state index in [0.717, 1.165) is 18.6 Å². The van der Waals surface area contributed by atoms with Crippen LogP contribution < -0.4 is 4.72 Å². The molecule has 0 bridgehead atoms. The first-order valence-corrected chi connectivity index (χ1v) is 6.99. The molecule has 7 heteroatoms. The Morgan fingerprint density at radius 1 is 1.33 bits per heavy atom. The maximum atomic E-state index is 13.7. The number of halogens is 2. The van der Waals surface area contributed by atoms with Crippen LogP contribution in [0.1, 0.15) is 25.3 Å². The molecule has 0 radical (unpaired) electrons. The summed E-state index contributed by atoms with van der Waals surface area (Å²) < 4.78 is 52.5. The van der Waals surface area contributed by atoms with Gasteiger partial charge in [0.25, 0.3) is 0 Å². The van der Waals surface area contributed by atoms with Gasteiger partial charge in [-0.25, -0.2) is 21.9 Å². The maximum absolute atomic E-state index is 13.7. The van der Waals surface area contributed by atoms with Gasteiger partial charge in [0.2, 0.25) is 10.0 Å². The summed E-state index contributed by atoms with van der Waals surface area (Å²) in [5.74, 6) is -2.22. The Bertz CT molecular complexity index is 517. The lowest BCUT2D eigenvalue weighted by molar-refractivity contribution is 0.267. The molecular formula is C11H15F2NO3S. The van der Waals surface area contributed by atoms with Gasteiger partial charge in [0.05, 0.1) is 12.2 Å². The first kappa shape index (κ1) is 15.0. The van der Waals surface area contributed by atoms with Crippen molar-refractivity contribution in [1.82, 2.24) is 4.72 Å². The monoisotopic (exact) mass is 279 g/mol. The summed E-state index contributed by atoms with van der Waals surface area (Å²) in [4.78, 5) is -0.649. The number of hydrogen-bond acceptors (Lipinski definition) is 3. The van der Waals surface area contributed by atoms with Crippen LogP contribution in [0.3, 0.4) is 0 Å². The van der Waals surface area contributed by atoms with Crippen LogP contribution in [0.4, 0.5) is 8.78 Å². The Morgan fingerprint density at radius 3 is 2.56 bits per heavy atom. The Morgan fingerprint density at radius 2 is 2.00 bits per heavy atom. The largest absolute Gasteiger partial charge is 0.391 e. The van der Waals surface area contributed by atoms with E-state index in [0.29, 0.717) is 6.42 Å². The Hall–Kier alpha value is -1.05. The number of benzene rings is 1. The summed E-state index contributed by atoms with van der Waals surface area (Å²) in [6, 6.07) is 1.67. The highest BCUT2D eigenvalue weighted by Gasteiger charge is 2.22. The minimum atomic E-state index is -4.02. The first-order chi connectivity index (χ1) is 8.44. The second-order valence-corrected chi connectivity index (χ2v) is 5.48. The zero-order chi connectivity index (χ0) is 13.8. The lowest BCUT2D eigenvalue weighted by Crippen LogP contribution is -2.26. The SMILES string of the molecule is CCCCNS(=O)(=O)c1ccc(F)c(CO)c1F. The van der Waals surface area contributed by atoms with Crippen LogP contribution in [0.25, 0.3) is 0 Å². The molecule has 0 saturated carbocycles. The zero-order valence-electron chi connectivity index (χ0n) is 9.91. The van der Waals surface area contributed by atoms with Crippen LogP contribution >= 0.6 is 0 Å². The van der Waals surface area contributed by atoms with Gasteiger partial charge in [-0.2, -0.15) is 0 Å². The molecule has 1 aromatic carbocycles. The van der Waals surface area contributed by atoms with E-state index < -0.39 is 38.7 Å². The minimum Gasteiger partial charge on any atom is -0.391 e. The van der Waals surface area contributed by atoms with Crippen LogP contribution in [0.2, 0.25) is 0 Å². The predicted molar refractivity (Wildman–Crippen MR) is 62.4 cm³/mol. The van der Waals surface area contributed by atoms with Crippen molar-refractivity contribution in [3.05, 3.63) is 29.3 Å². The Balaban J connectivity index is 3.10. The quantitative estimate of drug-likeness (QED) is 0.776. The molecule has 0 unspecified atom stereocenters. The van der Waals surface area contributed by atoms with Crippen LogP contribution in [0, 0.1) is 11.6 Å². The van der Waals surface area contributed by atoms with E-state index in [-0.39, 0.29) is 6.54 Å². The maximum Gasteiger partial charge on any atom is 0.243 e. The van der Waals surface area contributed by atoms with Gasteiger partial charge in [-0.1, -0.05) is 13.3 Å². The van der Waals surface area contributed by atoms with E-state index in [1.165, 1.54) is 0 Å². The molecule has 0 heterocycles. The lowest BCUT2D eigenvalue weighted by Gasteiger charge is -2.09. The van der Waals surface area contributed by atoms with Gasteiger partial charge < -0.3 is 5.11 Å².